The van der Waals surface area contributed by atoms with Gasteiger partial charge in [0.2, 0.25) is 53.2 Å². The van der Waals surface area contributed by atoms with E-state index in [-0.39, 0.29) is 30.7 Å². The number of aliphatic hydroxyl groups is 5. The summed E-state index contributed by atoms with van der Waals surface area (Å²) in [6, 6.07) is -8.14. The third-order valence-corrected chi connectivity index (χ3v) is 14.7. The number of aromatic hydroxyl groups is 1. The van der Waals surface area contributed by atoms with Gasteiger partial charge in [0, 0.05) is 25.6 Å². The highest BCUT2D eigenvalue weighted by Gasteiger charge is 2.38. The van der Waals surface area contributed by atoms with Gasteiger partial charge in [0.15, 0.2) is 0 Å². The summed E-state index contributed by atoms with van der Waals surface area (Å²) < 4.78 is 5.21. The lowest BCUT2D eigenvalue weighted by molar-refractivity contribution is -0.144. The fourth-order valence-corrected chi connectivity index (χ4v) is 9.22. The van der Waals surface area contributed by atoms with Gasteiger partial charge in [-0.1, -0.05) is 123 Å². The van der Waals surface area contributed by atoms with Crippen molar-refractivity contribution in [3.63, 3.8) is 0 Å². The summed E-state index contributed by atoms with van der Waals surface area (Å²) in [5, 5.41) is 88.3. The van der Waals surface area contributed by atoms with Gasteiger partial charge >= 0.3 is 5.97 Å². The fraction of sp³-hybridized carbons (Fsp3) is 0.667. The van der Waals surface area contributed by atoms with Crippen molar-refractivity contribution >= 4 is 70.9 Å². The molecule has 0 saturated carbocycles. The molecule has 1 aliphatic heterocycles. The first kappa shape index (κ1) is 79.3. The number of phenols is 1. The standard InChI is InChI=1S/C60H98N12O19/c1-7-8-9-10-11-12-13-14-15-16-17-18-19-20-40(61)51(81)60(90)71-48(37(6)75)58(88)72-49(50(80)38-21-23-39(76)24-22-38)59(89)69-43(33-74)56(86)68-41(26-29-73)54(84)64-32-45(78)67-42-27-30-91-46(79)25-28-62-52(82)35(4)65-44(77)31-63-53(83)36(5)66-57(87)47(34(2)3)70-55(42)85/h21-24,34-35,37,40-43,47-51,73-76,80-81H,5,7-20,25-33,61H2,1-4,6H3,(H,62,82)(H,63,83)(H,64,84)(H,65,77)(H,66,87)(H,67,78)(H,68,86)(H,69,89)(H,70,85)(H,71,90)(H,72,88). The van der Waals surface area contributed by atoms with Crippen molar-refractivity contribution < 1.29 is 92.9 Å². The molecular weight excluding hydrogens is 1190 g/mol. The van der Waals surface area contributed by atoms with Crippen LogP contribution in [0.2, 0.25) is 0 Å². The summed E-state index contributed by atoms with van der Waals surface area (Å²) in [4.78, 5) is 159. The third kappa shape index (κ3) is 30.2. The second-order valence-corrected chi connectivity index (χ2v) is 22.8. The Kier molecular flexibility index (Phi) is 37.5. The Balaban J connectivity index is 2.21. The van der Waals surface area contributed by atoms with E-state index in [2.05, 4.69) is 72.0 Å². The minimum absolute atomic E-state index is 0.0836. The number of carbonyl (C=O) groups is 12. The maximum absolute atomic E-state index is 14.1. The number of benzene rings is 1. The molecule has 0 bridgehead atoms. The monoisotopic (exact) mass is 1290 g/mol. The number of amides is 11. The van der Waals surface area contributed by atoms with Crippen molar-refractivity contribution in [2.45, 2.75) is 210 Å². The Hall–Kier alpha value is -7.84. The van der Waals surface area contributed by atoms with Crippen LogP contribution in [0.25, 0.3) is 0 Å². The molecule has 0 aromatic heterocycles. The van der Waals surface area contributed by atoms with Gasteiger partial charge in [0.05, 0.1) is 44.5 Å². The highest BCUT2D eigenvalue weighted by atomic mass is 16.5. The van der Waals surface area contributed by atoms with E-state index in [0.29, 0.717) is 6.42 Å². The van der Waals surface area contributed by atoms with Crippen molar-refractivity contribution in [2.24, 2.45) is 11.7 Å². The van der Waals surface area contributed by atoms with Crippen LogP contribution in [0.1, 0.15) is 155 Å². The minimum Gasteiger partial charge on any atom is -0.508 e. The number of ether oxygens (including phenoxy) is 1. The first-order valence-electron chi connectivity index (χ1n) is 31.1. The van der Waals surface area contributed by atoms with Crippen LogP contribution in [0.15, 0.2) is 36.5 Å². The van der Waals surface area contributed by atoms with Gasteiger partial charge in [-0.3, -0.25) is 57.5 Å². The maximum Gasteiger partial charge on any atom is 0.307 e. The number of carbonyl (C=O) groups excluding carboxylic acids is 12. The molecule has 0 radical (unpaired) electrons. The van der Waals surface area contributed by atoms with Crippen molar-refractivity contribution in [3.05, 3.63) is 42.1 Å². The van der Waals surface area contributed by atoms with E-state index in [9.17, 15) is 88.2 Å². The van der Waals surface area contributed by atoms with Gasteiger partial charge in [0.25, 0.3) is 11.8 Å². The Morgan fingerprint density at radius 1 is 0.692 bits per heavy atom. The lowest BCUT2D eigenvalue weighted by Gasteiger charge is -2.29. The van der Waals surface area contributed by atoms with Crippen LogP contribution in [0.4, 0.5) is 0 Å². The highest BCUT2D eigenvalue weighted by Crippen LogP contribution is 2.21. The molecule has 1 saturated heterocycles. The molecule has 1 fully saturated rings. The van der Waals surface area contributed by atoms with Crippen LogP contribution in [0, 0.1) is 5.92 Å². The summed E-state index contributed by atoms with van der Waals surface area (Å²) in [6.07, 6.45) is 7.81. The molecule has 11 unspecified atom stereocenters. The number of rotatable bonds is 34. The fourth-order valence-electron chi connectivity index (χ4n) is 9.22. The molecule has 0 aliphatic carbocycles. The van der Waals surface area contributed by atoms with Gasteiger partial charge in [-0.25, -0.2) is 0 Å². The van der Waals surface area contributed by atoms with Crippen molar-refractivity contribution in [2.75, 3.05) is 39.5 Å². The number of unbranched alkanes of at least 4 members (excludes halogenated alkanes) is 12. The molecule has 2 rings (SSSR count). The molecule has 19 N–H and O–H groups in total. The van der Waals surface area contributed by atoms with Crippen molar-refractivity contribution in [1.82, 2.24) is 58.5 Å². The summed E-state index contributed by atoms with van der Waals surface area (Å²) in [5.74, 6) is -13.4. The average Bonchev–Trinajstić information content (AvgIpc) is 1.94. The third-order valence-electron chi connectivity index (χ3n) is 14.7. The number of hydrogen-bond acceptors (Lipinski definition) is 20. The van der Waals surface area contributed by atoms with Gasteiger partial charge in [-0.2, -0.15) is 0 Å². The van der Waals surface area contributed by atoms with E-state index in [1.165, 1.54) is 77.8 Å². The molecule has 1 heterocycles. The summed E-state index contributed by atoms with van der Waals surface area (Å²) in [7, 11) is 0. The number of nitrogens with one attached hydrogen (secondary N) is 11. The zero-order valence-electron chi connectivity index (χ0n) is 52.8. The molecule has 31 heteroatoms. The molecule has 1 aromatic rings. The molecule has 512 valence electrons. The van der Waals surface area contributed by atoms with Crippen molar-refractivity contribution in [1.29, 1.82) is 0 Å². The Morgan fingerprint density at radius 3 is 1.84 bits per heavy atom. The molecule has 1 aromatic carbocycles. The van der Waals surface area contributed by atoms with Gasteiger partial charge in [-0.15, -0.1) is 0 Å². The predicted molar refractivity (Wildman–Crippen MR) is 328 cm³/mol. The van der Waals surface area contributed by atoms with Crippen LogP contribution in [-0.4, -0.2) is 202 Å². The topological polar surface area (TPSA) is 494 Å². The number of nitrogens with two attached hydrogens (primary N) is 1. The van der Waals surface area contributed by atoms with E-state index in [1.54, 1.807) is 0 Å². The number of aliphatic hydroxyl groups excluding tert-OH is 5. The normalized spacial score (nSPS) is 19.3. The van der Waals surface area contributed by atoms with Gasteiger partial charge in [0.1, 0.15) is 60.3 Å². The molecule has 1 aliphatic rings. The molecular formula is C60H98N12O19. The zero-order valence-corrected chi connectivity index (χ0v) is 52.8. The molecule has 11 amide bonds. The second kappa shape index (κ2) is 43.0. The average molecular weight is 1290 g/mol. The summed E-state index contributed by atoms with van der Waals surface area (Å²) >= 11 is 0. The predicted octanol–water partition coefficient (Wildman–Crippen LogP) is -3.26. The van der Waals surface area contributed by atoms with Crippen molar-refractivity contribution in [3.8, 4) is 5.75 Å². The highest BCUT2D eigenvalue weighted by molar-refractivity contribution is 6.01. The second-order valence-electron chi connectivity index (χ2n) is 22.8. The Labute approximate surface area is 530 Å². The van der Waals surface area contributed by atoms with E-state index in [0.717, 1.165) is 51.2 Å². The minimum atomic E-state index is -2.10. The lowest BCUT2D eigenvalue weighted by atomic mass is 9.99. The first-order chi connectivity index (χ1) is 43.1. The number of cyclic esters (lactones) is 1. The van der Waals surface area contributed by atoms with Crippen LogP contribution in [0.5, 0.6) is 5.75 Å². The van der Waals surface area contributed by atoms with E-state index in [1.807, 2.05) is 0 Å². The molecule has 91 heavy (non-hydrogen) atoms. The van der Waals surface area contributed by atoms with Gasteiger partial charge < -0.3 is 99.6 Å². The first-order valence-corrected chi connectivity index (χ1v) is 31.1. The number of hydrogen-bond donors (Lipinski definition) is 18. The van der Waals surface area contributed by atoms with Crippen LogP contribution in [-0.2, 0) is 62.3 Å². The van der Waals surface area contributed by atoms with E-state index >= 15 is 0 Å². The van der Waals surface area contributed by atoms with E-state index < -0.39 is 195 Å². The summed E-state index contributed by atoms with van der Waals surface area (Å²) in [5.41, 5.74) is 5.57. The van der Waals surface area contributed by atoms with Crippen LogP contribution >= 0.6 is 0 Å². The number of esters is 1. The van der Waals surface area contributed by atoms with Gasteiger partial charge in [-0.05, 0) is 50.3 Å². The Bertz CT molecular complexity index is 2560. The molecule has 31 nitrogen and oxygen atoms in total. The Morgan fingerprint density at radius 2 is 1.26 bits per heavy atom. The molecule has 0 spiro atoms. The number of phenolic OH excluding ortho intramolecular Hbond substituents is 1. The van der Waals surface area contributed by atoms with Crippen LogP contribution in [0.3, 0.4) is 0 Å². The van der Waals surface area contributed by atoms with E-state index in [4.69, 9.17) is 10.5 Å². The largest absolute Gasteiger partial charge is 0.508 e. The summed E-state index contributed by atoms with van der Waals surface area (Å²) in [6.45, 7) is 6.96. The quantitative estimate of drug-likeness (QED) is 0.0183. The maximum atomic E-state index is 14.1. The molecule has 11 atom stereocenters. The lowest BCUT2D eigenvalue weighted by Crippen LogP contribution is -2.62. The zero-order chi connectivity index (χ0) is 68.2. The van der Waals surface area contributed by atoms with Crippen LogP contribution < -0.4 is 64.2 Å². The SMILES string of the molecule is C=C1NC(=O)C(C(C)C)NC(=O)C(NC(=O)CNC(=O)C(CCO)NC(=O)C(CO)NC(=O)C(NC(=O)C(NC(=O)C(O)C(N)CCCCCCCCCCCCCCC)C(C)O)C(O)c2ccc(O)cc2)CCOC(=O)CCNC(=O)C(C)NC(=O)CNC1=O. The smallest absolute Gasteiger partial charge is 0.307 e.